The van der Waals surface area contributed by atoms with Gasteiger partial charge in [-0.2, -0.15) is 4.31 Å². The molecule has 1 saturated heterocycles. The Morgan fingerprint density at radius 3 is 2.67 bits per heavy atom. The van der Waals surface area contributed by atoms with E-state index in [-0.39, 0.29) is 25.8 Å². The van der Waals surface area contributed by atoms with Crippen molar-refractivity contribution in [3.8, 4) is 0 Å². The van der Waals surface area contributed by atoms with Crippen LogP contribution in [0.5, 0.6) is 0 Å². The average Bonchev–Trinajstić information content (AvgIpc) is 2.35. The molecule has 0 spiro atoms. The first kappa shape index (κ1) is 15.4. The summed E-state index contributed by atoms with van der Waals surface area (Å²) in [6.45, 7) is 2.95. The summed E-state index contributed by atoms with van der Waals surface area (Å²) in [6.07, 6.45) is -0.885. The van der Waals surface area contributed by atoms with Gasteiger partial charge in [-0.15, -0.1) is 0 Å². The zero-order valence-electron chi connectivity index (χ0n) is 10.7. The molecule has 1 aliphatic heterocycles. The number of aliphatic hydroxyl groups excluding tert-OH is 1. The highest BCUT2D eigenvalue weighted by Crippen LogP contribution is 2.18. The molecule has 7 nitrogen and oxygen atoms in total. The molecule has 0 aliphatic carbocycles. The van der Waals surface area contributed by atoms with Crippen molar-refractivity contribution in [2.45, 2.75) is 31.3 Å². The number of carbonyl (C=O) groups is 1. The normalized spacial score (nSPS) is 27.8. The van der Waals surface area contributed by atoms with Crippen molar-refractivity contribution in [3.63, 3.8) is 0 Å². The molecule has 0 bridgehead atoms. The molecule has 0 aromatic rings. The fourth-order valence-corrected chi connectivity index (χ4v) is 3.40. The van der Waals surface area contributed by atoms with Crippen molar-refractivity contribution >= 4 is 16.0 Å². The highest BCUT2D eigenvalue weighted by molar-refractivity contribution is 7.90. The molecule has 0 aromatic carbocycles. The fraction of sp³-hybridized carbons (Fsp3) is 0.900. The molecule has 0 aromatic heterocycles. The van der Waals surface area contributed by atoms with Crippen molar-refractivity contribution in [3.05, 3.63) is 0 Å². The van der Waals surface area contributed by atoms with Gasteiger partial charge in [0.05, 0.1) is 25.9 Å². The van der Waals surface area contributed by atoms with Gasteiger partial charge in [-0.25, -0.2) is 8.42 Å². The maximum absolute atomic E-state index is 12.2. The summed E-state index contributed by atoms with van der Waals surface area (Å²) in [7, 11) is -2.64. The van der Waals surface area contributed by atoms with E-state index in [0.29, 0.717) is 0 Å². The van der Waals surface area contributed by atoms with Crippen molar-refractivity contribution in [2.24, 2.45) is 0 Å². The molecule has 106 valence electrons. The Hall–Kier alpha value is -0.700. The number of hydrogen-bond acceptors (Lipinski definition) is 6. The standard InChI is InChI=1S/C10H19NO6S/c1-7-4-11(5-9(6-12)17-7)18(14,15)8(2)10(13)16-3/h7-9,12H,4-6H2,1-3H3. The quantitative estimate of drug-likeness (QED) is 0.662. The number of nitrogens with zero attached hydrogens (tertiary/aromatic N) is 1. The summed E-state index contributed by atoms with van der Waals surface area (Å²) in [5, 5.41) is 7.79. The first-order valence-electron chi connectivity index (χ1n) is 5.66. The summed E-state index contributed by atoms with van der Waals surface area (Å²) in [6, 6.07) is 0. The fourth-order valence-electron chi connectivity index (χ4n) is 1.82. The van der Waals surface area contributed by atoms with Gasteiger partial charge in [-0.05, 0) is 13.8 Å². The summed E-state index contributed by atoms with van der Waals surface area (Å²) in [4.78, 5) is 11.3. The first-order valence-corrected chi connectivity index (χ1v) is 7.16. The summed E-state index contributed by atoms with van der Waals surface area (Å²) in [5.74, 6) is -0.797. The lowest BCUT2D eigenvalue weighted by molar-refractivity contribution is -0.139. The highest BCUT2D eigenvalue weighted by atomic mass is 32.2. The van der Waals surface area contributed by atoms with Gasteiger partial charge in [0.2, 0.25) is 10.0 Å². The van der Waals surface area contributed by atoms with E-state index in [1.165, 1.54) is 11.2 Å². The third-order valence-electron chi connectivity index (χ3n) is 2.84. The van der Waals surface area contributed by atoms with Gasteiger partial charge in [-0.3, -0.25) is 4.79 Å². The van der Waals surface area contributed by atoms with E-state index in [9.17, 15) is 13.2 Å². The molecule has 3 atom stereocenters. The van der Waals surface area contributed by atoms with Crippen LogP contribution in [0, 0.1) is 0 Å². The van der Waals surface area contributed by atoms with Crippen molar-refractivity contribution in [1.82, 2.24) is 4.31 Å². The SMILES string of the molecule is COC(=O)C(C)S(=O)(=O)N1CC(C)OC(CO)C1. The van der Waals surface area contributed by atoms with E-state index in [4.69, 9.17) is 9.84 Å². The number of carbonyl (C=O) groups excluding carboxylic acids is 1. The molecule has 8 heteroatoms. The van der Waals surface area contributed by atoms with E-state index in [0.717, 1.165) is 7.11 Å². The van der Waals surface area contributed by atoms with Crippen LogP contribution in [0.4, 0.5) is 0 Å². The van der Waals surface area contributed by atoms with Gasteiger partial charge in [0.25, 0.3) is 0 Å². The third kappa shape index (κ3) is 3.19. The first-order chi connectivity index (χ1) is 8.32. The second-order valence-corrected chi connectivity index (χ2v) is 6.53. The number of esters is 1. The summed E-state index contributed by atoms with van der Waals surface area (Å²) >= 11 is 0. The maximum Gasteiger partial charge on any atom is 0.325 e. The van der Waals surface area contributed by atoms with Crippen LogP contribution >= 0.6 is 0 Å². The molecule has 1 fully saturated rings. The largest absolute Gasteiger partial charge is 0.468 e. The average molecular weight is 281 g/mol. The second kappa shape index (κ2) is 5.96. The van der Waals surface area contributed by atoms with Gasteiger partial charge in [0, 0.05) is 13.1 Å². The van der Waals surface area contributed by atoms with E-state index in [2.05, 4.69) is 4.74 Å². The Labute approximate surface area is 107 Å². The third-order valence-corrected chi connectivity index (χ3v) is 4.94. The lowest BCUT2D eigenvalue weighted by atomic mass is 10.2. The smallest absolute Gasteiger partial charge is 0.325 e. The number of aliphatic hydroxyl groups is 1. The van der Waals surface area contributed by atoms with Crippen molar-refractivity contribution < 1.29 is 27.8 Å². The van der Waals surface area contributed by atoms with Crippen LogP contribution in [0.15, 0.2) is 0 Å². The minimum atomic E-state index is -3.78. The Kier molecular flexibility index (Phi) is 5.09. The van der Waals surface area contributed by atoms with Gasteiger partial charge < -0.3 is 14.6 Å². The van der Waals surface area contributed by atoms with Crippen molar-refractivity contribution in [2.75, 3.05) is 26.8 Å². The number of methoxy groups -OCH3 is 1. The van der Waals surface area contributed by atoms with E-state index >= 15 is 0 Å². The minimum absolute atomic E-state index is 0.0461. The molecule has 1 heterocycles. The molecular formula is C10H19NO6S. The molecule has 0 saturated carbocycles. The number of morpholine rings is 1. The molecular weight excluding hydrogens is 262 g/mol. The van der Waals surface area contributed by atoms with Crippen LogP contribution in [-0.4, -0.2) is 68.1 Å². The number of rotatable bonds is 4. The van der Waals surface area contributed by atoms with Gasteiger partial charge in [-0.1, -0.05) is 0 Å². The maximum atomic E-state index is 12.2. The molecule has 1 rings (SSSR count). The van der Waals surface area contributed by atoms with Crippen LogP contribution in [-0.2, 0) is 24.3 Å². The Bertz CT molecular complexity index is 395. The lowest BCUT2D eigenvalue weighted by Crippen LogP contribution is -2.53. The number of hydrogen-bond donors (Lipinski definition) is 1. The zero-order valence-corrected chi connectivity index (χ0v) is 11.5. The van der Waals surface area contributed by atoms with Gasteiger partial charge in [0.1, 0.15) is 0 Å². The molecule has 1 aliphatic rings. The minimum Gasteiger partial charge on any atom is -0.468 e. The Morgan fingerprint density at radius 2 is 2.17 bits per heavy atom. The van der Waals surface area contributed by atoms with E-state index in [1.807, 2.05) is 0 Å². The van der Waals surface area contributed by atoms with E-state index < -0.39 is 27.3 Å². The topological polar surface area (TPSA) is 93.1 Å². The summed E-state index contributed by atoms with van der Waals surface area (Å²) in [5.41, 5.74) is 0. The number of ether oxygens (including phenoxy) is 2. The monoisotopic (exact) mass is 281 g/mol. The Balaban J connectivity index is 2.87. The molecule has 18 heavy (non-hydrogen) atoms. The van der Waals surface area contributed by atoms with Crippen LogP contribution in [0.25, 0.3) is 0 Å². The molecule has 3 unspecified atom stereocenters. The second-order valence-electron chi connectivity index (χ2n) is 4.28. The van der Waals surface area contributed by atoms with Gasteiger partial charge in [0.15, 0.2) is 5.25 Å². The summed E-state index contributed by atoms with van der Waals surface area (Å²) < 4.78 is 35.3. The highest BCUT2D eigenvalue weighted by Gasteiger charge is 2.39. The number of sulfonamides is 1. The van der Waals surface area contributed by atoms with Crippen LogP contribution in [0.3, 0.4) is 0 Å². The van der Waals surface area contributed by atoms with Crippen molar-refractivity contribution in [1.29, 1.82) is 0 Å². The predicted octanol–water partition coefficient (Wildman–Crippen LogP) is -1.04. The van der Waals surface area contributed by atoms with E-state index in [1.54, 1.807) is 6.92 Å². The van der Waals surface area contributed by atoms with Crippen LogP contribution < -0.4 is 0 Å². The lowest BCUT2D eigenvalue weighted by Gasteiger charge is -2.36. The zero-order chi connectivity index (χ0) is 13.9. The van der Waals surface area contributed by atoms with Crippen LogP contribution in [0.2, 0.25) is 0 Å². The Morgan fingerprint density at radius 1 is 1.56 bits per heavy atom. The molecule has 1 N–H and O–H groups in total. The van der Waals surface area contributed by atoms with Gasteiger partial charge >= 0.3 is 5.97 Å². The molecule has 0 amide bonds. The molecule has 0 radical (unpaired) electrons. The van der Waals surface area contributed by atoms with Crippen LogP contribution in [0.1, 0.15) is 13.8 Å². The predicted molar refractivity (Wildman–Crippen MR) is 63.4 cm³/mol.